The number of likely N-dealkylation sites (N-methyl/N-ethyl adjacent to an activating group) is 1. The summed E-state index contributed by atoms with van der Waals surface area (Å²) >= 11 is 0. The molecule has 8 heteroatoms. The minimum Gasteiger partial charge on any atom is -0.481 e. The van der Waals surface area contributed by atoms with Gasteiger partial charge in [0.05, 0.1) is 13.0 Å². The van der Waals surface area contributed by atoms with Gasteiger partial charge < -0.3 is 24.8 Å². The molecule has 0 spiro atoms. The van der Waals surface area contributed by atoms with Crippen LogP contribution in [0.2, 0.25) is 0 Å². The monoisotopic (exact) mass is 454 g/mol. The average molecular weight is 455 g/mol. The van der Waals surface area contributed by atoms with E-state index in [9.17, 15) is 19.5 Å². The third-order valence-electron chi connectivity index (χ3n) is 5.73. The van der Waals surface area contributed by atoms with Crippen molar-refractivity contribution in [3.63, 3.8) is 0 Å². The largest absolute Gasteiger partial charge is 0.481 e. The van der Waals surface area contributed by atoms with Gasteiger partial charge in [-0.2, -0.15) is 0 Å². The number of benzene rings is 2. The molecule has 0 aromatic heterocycles. The Hall–Kier alpha value is -3.39. The van der Waals surface area contributed by atoms with Crippen molar-refractivity contribution in [3.05, 3.63) is 59.7 Å². The third kappa shape index (κ3) is 5.90. The standard InChI is InChI=1S/C25H30N2O6/c1-16(14-32-3)13-27(2)24(30)22(12-23(28)29)26-25(31)33-15-21-19-10-6-4-8-17(19)18-9-5-7-11-20(18)21/h4-11,16,21-22H,12-15H2,1-3H3,(H,26,31)(H,28,29). The number of carboxylic acids is 1. The number of hydrogen-bond acceptors (Lipinski definition) is 5. The molecule has 3 rings (SSSR count). The molecular weight excluding hydrogens is 424 g/mol. The van der Waals surface area contributed by atoms with E-state index in [0.29, 0.717) is 13.2 Å². The highest BCUT2D eigenvalue weighted by molar-refractivity contribution is 5.89. The molecular formula is C25H30N2O6. The maximum Gasteiger partial charge on any atom is 0.407 e. The number of fused-ring (bicyclic) bond motifs is 3. The Morgan fingerprint density at radius 2 is 1.64 bits per heavy atom. The van der Waals surface area contributed by atoms with Crippen LogP contribution < -0.4 is 5.32 Å². The molecule has 2 aromatic carbocycles. The van der Waals surface area contributed by atoms with Crippen LogP contribution in [-0.2, 0) is 19.1 Å². The first kappa shape index (κ1) is 24.3. The van der Waals surface area contributed by atoms with E-state index >= 15 is 0 Å². The topological polar surface area (TPSA) is 105 Å². The molecule has 0 fully saturated rings. The Bertz CT molecular complexity index is 962. The Balaban J connectivity index is 1.65. The number of rotatable bonds is 10. The number of nitrogens with zero attached hydrogens (tertiary/aromatic N) is 1. The Morgan fingerprint density at radius 1 is 1.06 bits per heavy atom. The Morgan fingerprint density at radius 3 is 2.18 bits per heavy atom. The molecule has 1 aliphatic carbocycles. The summed E-state index contributed by atoms with van der Waals surface area (Å²) in [6.07, 6.45) is -1.36. The number of methoxy groups -OCH3 is 1. The fourth-order valence-corrected chi connectivity index (χ4v) is 4.32. The molecule has 2 amide bonds. The summed E-state index contributed by atoms with van der Waals surface area (Å²) in [5.41, 5.74) is 4.34. The summed E-state index contributed by atoms with van der Waals surface area (Å²) < 4.78 is 10.6. The van der Waals surface area contributed by atoms with E-state index in [2.05, 4.69) is 5.32 Å². The van der Waals surface area contributed by atoms with Gasteiger partial charge >= 0.3 is 12.1 Å². The highest BCUT2D eigenvalue weighted by Gasteiger charge is 2.31. The van der Waals surface area contributed by atoms with Crippen LogP contribution in [0.1, 0.15) is 30.4 Å². The Kier molecular flexibility index (Phi) is 8.06. The summed E-state index contributed by atoms with van der Waals surface area (Å²) in [7, 11) is 3.15. The van der Waals surface area contributed by atoms with Crippen molar-refractivity contribution < 1.29 is 29.0 Å². The number of carbonyl (C=O) groups is 3. The number of nitrogens with one attached hydrogen (secondary N) is 1. The number of alkyl carbamates (subject to hydrolysis) is 1. The summed E-state index contributed by atoms with van der Waals surface area (Å²) in [6.45, 7) is 2.82. The fraction of sp³-hybridized carbons (Fsp3) is 0.400. The van der Waals surface area contributed by atoms with E-state index in [4.69, 9.17) is 9.47 Å². The minimum absolute atomic E-state index is 0.0592. The van der Waals surface area contributed by atoms with E-state index in [1.54, 1.807) is 14.2 Å². The maximum absolute atomic E-state index is 12.8. The molecule has 176 valence electrons. The van der Waals surface area contributed by atoms with Crippen molar-refractivity contribution in [1.29, 1.82) is 0 Å². The normalized spacial score (nSPS) is 14.0. The molecule has 8 nitrogen and oxygen atoms in total. The van der Waals surface area contributed by atoms with E-state index in [0.717, 1.165) is 22.3 Å². The van der Waals surface area contributed by atoms with E-state index in [-0.39, 0.29) is 18.4 Å². The van der Waals surface area contributed by atoms with E-state index in [1.807, 2.05) is 55.5 Å². The molecule has 0 aliphatic heterocycles. The number of carbonyl (C=O) groups excluding carboxylic acids is 2. The van der Waals surface area contributed by atoms with Crippen molar-refractivity contribution >= 4 is 18.0 Å². The van der Waals surface area contributed by atoms with Crippen LogP contribution >= 0.6 is 0 Å². The van der Waals surface area contributed by atoms with Gasteiger partial charge in [-0.25, -0.2) is 4.79 Å². The van der Waals surface area contributed by atoms with Gasteiger partial charge in [0.25, 0.3) is 0 Å². The zero-order chi connectivity index (χ0) is 24.0. The van der Waals surface area contributed by atoms with Crippen molar-refractivity contribution in [2.75, 3.05) is 33.9 Å². The molecule has 2 atom stereocenters. The van der Waals surface area contributed by atoms with Crippen molar-refractivity contribution in [2.45, 2.75) is 25.3 Å². The lowest BCUT2D eigenvalue weighted by atomic mass is 9.98. The molecule has 2 aromatic rings. The van der Waals surface area contributed by atoms with Gasteiger partial charge in [0.15, 0.2) is 0 Å². The number of ether oxygens (including phenoxy) is 2. The molecule has 0 saturated heterocycles. The molecule has 0 saturated carbocycles. The fourth-order valence-electron chi connectivity index (χ4n) is 4.32. The second kappa shape index (κ2) is 11.0. The van der Waals surface area contributed by atoms with Gasteiger partial charge in [-0.1, -0.05) is 55.5 Å². The second-order valence-corrected chi connectivity index (χ2v) is 8.40. The zero-order valence-corrected chi connectivity index (χ0v) is 19.1. The van der Waals surface area contributed by atoms with E-state index in [1.165, 1.54) is 4.90 Å². The predicted octanol–water partition coefficient (Wildman–Crippen LogP) is 3.11. The average Bonchev–Trinajstić information content (AvgIpc) is 3.10. The lowest BCUT2D eigenvalue weighted by Crippen LogP contribution is -2.49. The molecule has 2 N–H and O–H groups in total. The van der Waals surface area contributed by atoms with Crippen LogP contribution in [0.4, 0.5) is 4.79 Å². The van der Waals surface area contributed by atoms with Gasteiger partial charge in [-0.05, 0) is 28.2 Å². The summed E-state index contributed by atoms with van der Waals surface area (Å²) in [5.74, 6) is -1.75. The number of aliphatic carboxylic acids is 1. The molecule has 0 radical (unpaired) electrons. The van der Waals surface area contributed by atoms with Crippen LogP contribution in [0.3, 0.4) is 0 Å². The molecule has 33 heavy (non-hydrogen) atoms. The van der Waals surface area contributed by atoms with Crippen LogP contribution in [-0.4, -0.2) is 67.9 Å². The quantitative estimate of drug-likeness (QED) is 0.572. The van der Waals surface area contributed by atoms with Gasteiger partial charge in [0.2, 0.25) is 5.91 Å². The Labute approximate surface area is 193 Å². The molecule has 1 aliphatic rings. The molecule has 2 unspecified atom stereocenters. The zero-order valence-electron chi connectivity index (χ0n) is 19.1. The van der Waals surface area contributed by atoms with Crippen LogP contribution in [0, 0.1) is 5.92 Å². The first-order valence-corrected chi connectivity index (χ1v) is 10.9. The second-order valence-electron chi connectivity index (χ2n) is 8.40. The first-order valence-electron chi connectivity index (χ1n) is 10.9. The van der Waals surface area contributed by atoms with Crippen LogP contribution in [0.5, 0.6) is 0 Å². The first-order chi connectivity index (χ1) is 15.8. The summed E-state index contributed by atoms with van der Waals surface area (Å²) in [4.78, 5) is 38.0. The minimum atomic E-state index is -1.22. The highest BCUT2D eigenvalue weighted by atomic mass is 16.5. The SMILES string of the molecule is COCC(C)CN(C)C(=O)C(CC(=O)O)NC(=O)OCC1c2ccccc2-c2ccccc21. The van der Waals surface area contributed by atoms with Crippen LogP contribution in [0.25, 0.3) is 11.1 Å². The molecule has 0 heterocycles. The highest BCUT2D eigenvalue weighted by Crippen LogP contribution is 2.44. The van der Waals surface area contributed by atoms with Crippen molar-refractivity contribution in [1.82, 2.24) is 10.2 Å². The maximum atomic E-state index is 12.8. The number of amides is 2. The van der Waals surface area contributed by atoms with Gasteiger partial charge in [-0.15, -0.1) is 0 Å². The van der Waals surface area contributed by atoms with Crippen molar-refractivity contribution in [2.24, 2.45) is 5.92 Å². The van der Waals surface area contributed by atoms with Gasteiger partial charge in [-0.3, -0.25) is 9.59 Å². The lowest BCUT2D eigenvalue weighted by molar-refractivity contribution is -0.142. The number of carboxylic acid groups (broad SMARTS) is 1. The van der Waals surface area contributed by atoms with Crippen LogP contribution in [0.15, 0.2) is 48.5 Å². The van der Waals surface area contributed by atoms with Crippen molar-refractivity contribution in [3.8, 4) is 11.1 Å². The smallest absolute Gasteiger partial charge is 0.407 e. The summed E-state index contributed by atoms with van der Waals surface area (Å²) in [6, 6.07) is 14.7. The van der Waals surface area contributed by atoms with E-state index < -0.39 is 30.4 Å². The number of hydrogen-bond donors (Lipinski definition) is 2. The van der Waals surface area contributed by atoms with Gasteiger partial charge in [0.1, 0.15) is 12.6 Å². The predicted molar refractivity (Wildman–Crippen MR) is 123 cm³/mol. The lowest BCUT2D eigenvalue weighted by Gasteiger charge is -2.26. The van der Waals surface area contributed by atoms with Gasteiger partial charge in [0, 0.05) is 26.6 Å². The molecule has 0 bridgehead atoms. The summed E-state index contributed by atoms with van der Waals surface area (Å²) in [5, 5.41) is 11.7. The third-order valence-corrected chi connectivity index (χ3v) is 5.73.